The smallest absolute Gasteiger partial charge is 0.267 e. The van der Waals surface area contributed by atoms with Crippen LogP contribution in [0.15, 0.2) is 81.9 Å². The normalized spacial score (nSPS) is 11.2. The van der Waals surface area contributed by atoms with E-state index in [1.807, 2.05) is 43.3 Å². The molecule has 0 bridgehead atoms. The minimum atomic E-state index is -0.386. The van der Waals surface area contributed by atoms with Crippen LogP contribution in [0.1, 0.15) is 21.7 Å². The van der Waals surface area contributed by atoms with Crippen molar-refractivity contribution in [1.82, 2.24) is 10.6 Å². The van der Waals surface area contributed by atoms with Gasteiger partial charge in [-0.3, -0.25) is 9.59 Å². The zero-order valence-electron chi connectivity index (χ0n) is 16.4. The van der Waals surface area contributed by atoms with Crippen molar-refractivity contribution >= 4 is 41.3 Å². The van der Waals surface area contributed by atoms with Crippen LogP contribution >= 0.6 is 23.4 Å². The SMILES string of the molecule is Cc1ccc(C(=O)N/C(=C\c2ccco2)C(=O)NCCSc2ccc(Cl)cc2)cc1. The van der Waals surface area contributed by atoms with Crippen LogP contribution in [0.3, 0.4) is 0 Å². The van der Waals surface area contributed by atoms with Gasteiger partial charge in [0.15, 0.2) is 0 Å². The molecule has 0 saturated carbocycles. The number of amides is 2. The van der Waals surface area contributed by atoms with Crippen LogP contribution in [-0.2, 0) is 4.79 Å². The summed E-state index contributed by atoms with van der Waals surface area (Å²) in [5, 5.41) is 6.20. The Balaban J connectivity index is 1.61. The zero-order valence-corrected chi connectivity index (χ0v) is 17.9. The van der Waals surface area contributed by atoms with Crippen molar-refractivity contribution in [3.63, 3.8) is 0 Å². The van der Waals surface area contributed by atoms with E-state index in [1.165, 1.54) is 12.3 Å². The maximum atomic E-state index is 12.7. The average molecular weight is 441 g/mol. The molecule has 5 nitrogen and oxygen atoms in total. The van der Waals surface area contributed by atoms with Gasteiger partial charge in [-0.05, 0) is 55.5 Å². The first-order chi connectivity index (χ1) is 14.5. The fourth-order valence-corrected chi connectivity index (χ4v) is 3.43. The molecule has 0 aliphatic rings. The lowest BCUT2D eigenvalue weighted by Gasteiger charge is -2.11. The molecule has 154 valence electrons. The molecular weight excluding hydrogens is 420 g/mol. The number of carbonyl (C=O) groups is 2. The Morgan fingerprint density at radius 3 is 2.47 bits per heavy atom. The van der Waals surface area contributed by atoms with Crippen LogP contribution in [0.4, 0.5) is 0 Å². The summed E-state index contributed by atoms with van der Waals surface area (Å²) in [6.07, 6.45) is 3.01. The Hall–Kier alpha value is -2.96. The maximum absolute atomic E-state index is 12.7. The average Bonchev–Trinajstić information content (AvgIpc) is 3.25. The molecule has 0 spiro atoms. The topological polar surface area (TPSA) is 71.3 Å². The van der Waals surface area contributed by atoms with Crippen LogP contribution in [0.2, 0.25) is 5.02 Å². The number of furan rings is 1. The van der Waals surface area contributed by atoms with E-state index >= 15 is 0 Å². The summed E-state index contributed by atoms with van der Waals surface area (Å²) in [4.78, 5) is 26.3. The van der Waals surface area contributed by atoms with Crippen molar-refractivity contribution in [3.8, 4) is 0 Å². The second-order valence-electron chi connectivity index (χ2n) is 6.45. The zero-order chi connectivity index (χ0) is 21.3. The highest BCUT2D eigenvalue weighted by Gasteiger charge is 2.15. The van der Waals surface area contributed by atoms with Crippen LogP contribution in [0.5, 0.6) is 0 Å². The molecule has 3 rings (SSSR count). The first-order valence-corrected chi connectivity index (χ1v) is 10.7. The number of nitrogens with one attached hydrogen (secondary N) is 2. The molecule has 0 fully saturated rings. The van der Waals surface area contributed by atoms with Gasteiger partial charge in [0, 0.05) is 33.9 Å². The quantitative estimate of drug-likeness (QED) is 0.296. The van der Waals surface area contributed by atoms with Gasteiger partial charge in [-0.1, -0.05) is 29.3 Å². The van der Waals surface area contributed by atoms with Crippen LogP contribution in [0, 0.1) is 6.92 Å². The highest BCUT2D eigenvalue weighted by molar-refractivity contribution is 7.99. The molecule has 30 heavy (non-hydrogen) atoms. The summed E-state index contributed by atoms with van der Waals surface area (Å²) in [5.74, 6) is 0.398. The van der Waals surface area contributed by atoms with E-state index in [0.717, 1.165) is 10.5 Å². The van der Waals surface area contributed by atoms with Gasteiger partial charge in [-0.15, -0.1) is 11.8 Å². The summed E-state index contributed by atoms with van der Waals surface area (Å²) < 4.78 is 5.29. The molecule has 3 aromatic rings. The first kappa shape index (κ1) is 21.7. The van der Waals surface area contributed by atoms with Crippen molar-refractivity contribution < 1.29 is 14.0 Å². The molecule has 2 amide bonds. The summed E-state index contributed by atoms with van der Waals surface area (Å²) in [6, 6.07) is 18.1. The van der Waals surface area contributed by atoms with Gasteiger partial charge in [0.2, 0.25) is 0 Å². The molecule has 0 aliphatic heterocycles. The van der Waals surface area contributed by atoms with E-state index in [9.17, 15) is 9.59 Å². The fraction of sp³-hybridized carbons (Fsp3) is 0.130. The largest absolute Gasteiger partial charge is 0.465 e. The van der Waals surface area contributed by atoms with Crippen molar-refractivity contribution in [3.05, 3.63) is 94.5 Å². The third kappa shape index (κ3) is 6.54. The van der Waals surface area contributed by atoms with Gasteiger partial charge in [0.1, 0.15) is 11.5 Å². The summed E-state index contributed by atoms with van der Waals surface area (Å²) in [6.45, 7) is 2.38. The van der Waals surface area contributed by atoms with Crippen LogP contribution in [0.25, 0.3) is 6.08 Å². The number of hydrogen-bond donors (Lipinski definition) is 2. The lowest BCUT2D eigenvalue weighted by Crippen LogP contribution is -2.35. The van der Waals surface area contributed by atoms with Gasteiger partial charge in [0.05, 0.1) is 6.26 Å². The minimum Gasteiger partial charge on any atom is -0.465 e. The van der Waals surface area contributed by atoms with Crippen molar-refractivity contribution in [2.45, 2.75) is 11.8 Å². The maximum Gasteiger partial charge on any atom is 0.267 e. The van der Waals surface area contributed by atoms with Crippen LogP contribution < -0.4 is 10.6 Å². The first-order valence-electron chi connectivity index (χ1n) is 9.31. The van der Waals surface area contributed by atoms with Gasteiger partial charge >= 0.3 is 0 Å². The van der Waals surface area contributed by atoms with Crippen molar-refractivity contribution in [2.75, 3.05) is 12.3 Å². The summed E-state index contributed by atoms with van der Waals surface area (Å²) in [5.41, 5.74) is 1.64. The minimum absolute atomic E-state index is 0.118. The Kier molecular flexibility index (Phi) is 7.76. The monoisotopic (exact) mass is 440 g/mol. The Bertz CT molecular complexity index is 1010. The molecule has 2 aromatic carbocycles. The summed E-state index contributed by atoms with van der Waals surface area (Å²) >= 11 is 7.49. The van der Waals surface area contributed by atoms with E-state index in [4.69, 9.17) is 16.0 Å². The number of carbonyl (C=O) groups excluding carboxylic acids is 2. The lowest BCUT2D eigenvalue weighted by molar-refractivity contribution is -0.117. The molecule has 0 saturated heterocycles. The van der Waals surface area contributed by atoms with Crippen molar-refractivity contribution in [1.29, 1.82) is 0 Å². The molecule has 0 radical (unpaired) electrons. The number of thioether (sulfide) groups is 1. The van der Waals surface area contributed by atoms with Crippen LogP contribution in [-0.4, -0.2) is 24.1 Å². The van der Waals surface area contributed by atoms with E-state index < -0.39 is 0 Å². The standard InChI is InChI=1S/C23H21ClN2O3S/c1-16-4-6-17(7-5-16)22(27)26-21(15-19-3-2-13-29-19)23(28)25-12-14-30-20-10-8-18(24)9-11-20/h2-11,13,15H,12,14H2,1H3,(H,25,28)(H,26,27)/b21-15-. The molecule has 2 N–H and O–H groups in total. The molecule has 1 heterocycles. The molecule has 1 aromatic heterocycles. The third-order valence-corrected chi connectivity index (χ3v) is 5.37. The van der Waals surface area contributed by atoms with E-state index in [-0.39, 0.29) is 17.5 Å². The highest BCUT2D eigenvalue weighted by Crippen LogP contribution is 2.19. The summed E-state index contributed by atoms with van der Waals surface area (Å²) in [7, 11) is 0. The Morgan fingerprint density at radius 2 is 1.80 bits per heavy atom. The van der Waals surface area contributed by atoms with Gasteiger partial charge in [0.25, 0.3) is 11.8 Å². The number of halogens is 1. The molecule has 7 heteroatoms. The predicted molar refractivity (Wildman–Crippen MR) is 121 cm³/mol. The molecule has 0 unspecified atom stereocenters. The number of aryl methyl sites for hydroxylation is 1. The van der Waals surface area contributed by atoms with Gasteiger partial charge in [-0.2, -0.15) is 0 Å². The number of hydrogen-bond acceptors (Lipinski definition) is 4. The van der Waals surface area contributed by atoms with Gasteiger partial charge < -0.3 is 15.1 Å². The molecule has 0 aliphatic carbocycles. The second kappa shape index (κ2) is 10.7. The predicted octanol–water partition coefficient (Wildman–Crippen LogP) is 4.92. The van der Waals surface area contributed by atoms with Gasteiger partial charge in [-0.25, -0.2) is 0 Å². The second-order valence-corrected chi connectivity index (χ2v) is 8.06. The number of rotatable bonds is 8. The third-order valence-electron chi connectivity index (χ3n) is 4.11. The van der Waals surface area contributed by atoms with E-state index in [2.05, 4.69) is 10.6 Å². The highest BCUT2D eigenvalue weighted by atomic mass is 35.5. The van der Waals surface area contributed by atoms with E-state index in [0.29, 0.717) is 28.6 Å². The van der Waals surface area contributed by atoms with Crippen molar-refractivity contribution in [2.24, 2.45) is 0 Å². The molecular formula is C23H21ClN2O3S. The Morgan fingerprint density at radius 1 is 1.07 bits per heavy atom. The lowest BCUT2D eigenvalue weighted by atomic mass is 10.1. The fourth-order valence-electron chi connectivity index (χ4n) is 2.53. The van der Waals surface area contributed by atoms with E-state index in [1.54, 1.807) is 36.0 Å². The Labute approximate surface area is 184 Å². The molecule has 0 atom stereocenters. The number of benzene rings is 2.